The number of tetrazole rings is 2. The first-order valence-corrected chi connectivity index (χ1v) is 43.8. The van der Waals surface area contributed by atoms with E-state index in [1.165, 1.54) is 42.4 Å². The topological polar surface area (TPSA) is 289 Å². The second-order valence-corrected chi connectivity index (χ2v) is 34.2. The fourth-order valence-corrected chi connectivity index (χ4v) is 11.7. The van der Waals surface area contributed by atoms with Crippen LogP contribution in [-0.4, -0.2) is 114 Å². The van der Waals surface area contributed by atoms with E-state index < -0.39 is 22.0 Å². The number of thioether (sulfide) groups is 2. The molecule has 25 heteroatoms. The fraction of sp³-hybridized carbons (Fsp3) is 0.418. The molecule has 2 aromatic heterocycles. The van der Waals surface area contributed by atoms with Gasteiger partial charge >= 0.3 is 5.97 Å². The van der Waals surface area contributed by atoms with E-state index in [1.807, 2.05) is 118 Å². The van der Waals surface area contributed by atoms with Crippen LogP contribution in [0.4, 0.5) is 0 Å². The standard InChI is InChI=1S/C20H23N5O2S.C20H25N5S.C19H27N3O2S.C14H21N.C13H21NO.C5H13N.ClH/c1-13(2)18(20(26)27)21-12-14-4-6-15(7-5-14)19-22-24-25(23-19)16-8-10-17(28-3)11-9-16;1-14(2)15(3)21-13-16-5-7-17(8-6-16)20-22-24-25(23-20)18-9-11-19(26-4)12-10-18;1-15(2)16(3)20-13-17-9-11-18(12-10-17)14-21-22-25(23,24)19-7-5-4-6-8-19;1-5-13-6-8-14(9-7-13)10-15-12(4)11(2)3;1-10(2)11(3)14-8-12-4-6-13(9-15)7-5-12;1-4(2)5(3)6;/h4-11,13,18,21H,12H2,1-3H3,(H,26,27);5-12,14-15,21H,13H2,1-4H3;4-12,15-16,20-22H,13-14H2,1-3H3;5-9,11-12,15H,1,10H2,2-4H3;4-7,10-11,14-15H,8-9H2,1-3H3;4-5H,6H2,1-3H3;1H. The summed E-state index contributed by atoms with van der Waals surface area (Å²) >= 11 is 3.39. The number of sulfonamides is 1. The van der Waals surface area contributed by atoms with Gasteiger partial charge in [0.2, 0.25) is 11.6 Å². The Labute approximate surface area is 707 Å². The minimum absolute atomic E-state index is 0. The monoisotopic (exact) mass is 1660 g/mol. The highest BCUT2D eigenvalue weighted by molar-refractivity contribution is 7.98. The number of benzene rings is 8. The number of hydrazine groups is 1. The van der Waals surface area contributed by atoms with Gasteiger partial charge in [0.25, 0.3) is 10.0 Å². The van der Waals surface area contributed by atoms with Crippen LogP contribution in [0.25, 0.3) is 40.2 Å². The molecule has 116 heavy (non-hydrogen) atoms. The van der Waals surface area contributed by atoms with Crippen molar-refractivity contribution in [3.8, 4) is 34.2 Å². The second kappa shape index (κ2) is 53.2. The van der Waals surface area contributed by atoms with Crippen LogP contribution < -0.4 is 42.6 Å². The average molecular weight is 1660 g/mol. The molecule has 0 radical (unpaired) electrons. The van der Waals surface area contributed by atoms with Crippen molar-refractivity contribution in [1.29, 1.82) is 0 Å². The largest absolute Gasteiger partial charge is 0.480 e. The number of hydrogen-bond donors (Lipinski definition) is 10. The van der Waals surface area contributed by atoms with Gasteiger partial charge in [0.1, 0.15) is 6.04 Å². The number of nitrogens with one attached hydrogen (secondary N) is 7. The van der Waals surface area contributed by atoms with Crippen LogP contribution in [0, 0.1) is 35.5 Å². The summed E-state index contributed by atoms with van der Waals surface area (Å²) in [6, 6.07) is 66.9. The van der Waals surface area contributed by atoms with Crippen molar-refractivity contribution in [1.82, 2.24) is 77.3 Å². The number of halogens is 1. The van der Waals surface area contributed by atoms with Crippen molar-refractivity contribution in [2.24, 2.45) is 41.2 Å². The van der Waals surface area contributed by atoms with Crippen molar-refractivity contribution in [2.45, 2.75) is 215 Å². The van der Waals surface area contributed by atoms with Crippen LogP contribution in [0.2, 0.25) is 0 Å². The SMILES string of the molecule is C=Cc1ccc(CNC(C)C(C)C)cc1.CC(C)C(C)N.CC(C)C(C)NCc1ccc(CNNS(=O)(=O)c2ccccc2)cc1.CC(C)C(C)NCc1ccc(CO)cc1.CSc1ccc(-n2nnc(-c3ccc(CNC(C(=O)O)C(C)C)cc3)n2)cc1.CSc1ccc(-n2nnc(-c3ccc(CNC(C)C(C)C)cc3)n2)cc1.Cl. The summed E-state index contributed by atoms with van der Waals surface area (Å²) < 4.78 is 24.2. The Morgan fingerprint density at radius 2 is 0.750 bits per heavy atom. The summed E-state index contributed by atoms with van der Waals surface area (Å²) in [5.41, 5.74) is 21.0. The first-order chi connectivity index (χ1) is 54.8. The molecule has 630 valence electrons. The Kier molecular flexibility index (Phi) is 45.9. The Hall–Kier alpha value is -8.31. The maximum Gasteiger partial charge on any atom is 0.320 e. The smallest absolute Gasteiger partial charge is 0.320 e. The van der Waals surface area contributed by atoms with Gasteiger partial charge in [-0.15, -0.1) is 70.7 Å². The number of carboxylic acid groups (broad SMARTS) is 1. The molecule has 8 aromatic carbocycles. The third-order valence-corrected chi connectivity index (χ3v) is 22.7. The van der Waals surface area contributed by atoms with Crippen LogP contribution in [0.1, 0.15) is 162 Å². The number of nitrogens with two attached hydrogens (primary N) is 1. The van der Waals surface area contributed by atoms with Crippen LogP contribution in [0.5, 0.6) is 0 Å². The zero-order valence-electron chi connectivity index (χ0n) is 71.6. The first-order valence-electron chi connectivity index (χ1n) is 39.8. The molecule has 11 N–H and O–H groups in total. The summed E-state index contributed by atoms with van der Waals surface area (Å²) in [5, 5.41) is 60.8. The molecule has 0 aliphatic heterocycles. The predicted octanol–water partition coefficient (Wildman–Crippen LogP) is 17.4. The molecular weight excluding hydrogens is 1530 g/mol. The zero-order valence-corrected chi connectivity index (χ0v) is 74.9. The molecule has 6 atom stereocenters. The molecule has 0 bridgehead atoms. The average Bonchev–Trinajstić information content (AvgIpc) is 1.56. The van der Waals surface area contributed by atoms with Gasteiger partial charge in [-0.3, -0.25) is 4.79 Å². The summed E-state index contributed by atoms with van der Waals surface area (Å²) in [7, 11) is -3.54. The molecule has 0 aliphatic carbocycles. The van der Waals surface area contributed by atoms with Gasteiger partial charge in [-0.2, -0.15) is 0 Å². The Bertz CT molecular complexity index is 4430. The molecule has 21 nitrogen and oxygen atoms in total. The number of aromatic nitrogens is 8. The lowest BCUT2D eigenvalue weighted by Gasteiger charge is -2.17. The van der Waals surface area contributed by atoms with Gasteiger partial charge in [-0.25, -0.2) is 13.8 Å². The van der Waals surface area contributed by atoms with Crippen LogP contribution in [0.15, 0.2) is 221 Å². The van der Waals surface area contributed by atoms with E-state index in [4.69, 9.17) is 10.8 Å². The van der Waals surface area contributed by atoms with E-state index in [0.717, 1.165) is 65.4 Å². The normalized spacial score (nSPS) is 12.8. The van der Waals surface area contributed by atoms with Crippen LogP contribution in [-0.2, 0) is 60.7 Å². The molecule has 10 rings (SSSR count). The number of nitrogens with zero attached hydrogens (tertiary/aromatic N) is 8. The first kappa shape index (κ1) is 100. The van der Waals surface area contributed by atoms with E-state index in [1.54, 1.807) is 58.7 Å². The van der Waals surface area contributed by atoms with Gasteiger partial charge in [-0.1, -0.05) is 235 Å². The summed E-state index contributed by atoms with van der Waals surface area (Å²) in [6.07, 6.45) is 5.96. The molecule has 0 saturated heterocycles. The van der Waals surface area contributed by atoms with Crippen molar-refractivity contribution < 1.29 is 23.4 Å². The van der Waals surface area contributed by atoms with E-state index in [-0.39, 0.29) is 29.8 Å². The maximum atomic E-state index is 12.1. The van der Waals surface area contributed by atoms with E-state index in [0.29, 0.717) is 84.5 Å². The number of rotatable bonds is 35. The molecule has 2 heterocycles. The van der Waals surface area contributed by atoms with Gasteiger partial charge in [0.15, 0.2) is 0 Å². The van der Waals surface area contributed by atoms with Gasteiger partial charge < -0.3 is 42.5 Å². The summed E-state index contributed by atoms with van der Waals surface area (Å²) in [5.74, 6) is 3.54. The van der Waals surface area contributed by atoms with E-state index in [2.05, 4.69) is 262 Å². The molecule has 6 unspecified atom stereocenters. The predicted molar refractivity (Wildman–Crippen MR) is 485 cm³/mol. The molecule has 10 aromatic rings. The third kappa shape index (κ3) is 36.7. The number of aliphatic hydroxyl groups is 1. The summed E-state index contributed by atoms with van der Waals surface area (Å²) in [6.45, 7) is 44.9. The fourth-order valence-electron chi connectivity index (χ4n) is 9.95. The highest BCUT2D eigenvalue weighted by Crippen LogP contribution is 2.22. The van der Waals surface area contributed by atoms with E-state index in [9.17, 15) is 18.3 Å². The van der Waals surface area contributed by atoms with Crippen molar-refractivity contribution >= 4 is 58.0 Å². The second-order valence-electron chi connectivity index (χ2n) is 30.8. The molecule has 0 spiro atoms. The van der Waals surface area contributed by atoms with Crippen molar-refractivity contribution in [3.05, 3.63) is 251 Å². The van der Waals surface area contributed by atoms with E-state index >= 15 is 0 Å². The highest BCUT2D eigenvalue weighted by Gasteiger charge is 2.21. The quantitative estimate of drug-likeness (QED) is 0.0130. The van der Waals surface area contributed by atoms with Gasteiger partial charge in [0.05, 0.1) is 22.9 Å². The number of carboxylic acids is 1. The minimum atomic E-state index is -3.54. The van der Waals surface area contributed by atoms with Gasteiger partial charge in [0, 0.05) is 90.4 Å². The molecule has 0 amide bonds. The lowest BCUT2D eigenvalue weighted by molar-refractivity contribution is -0.140. The van der Waals surface area contributed by atoms with Crippen molar-refractivity contribution in [2.75, 3.05) is 12.5 Å². The maximum absolute atomic E-state index is 12.1. The number of carbonyl (C=O) groups is 1. The van der Waals surface area contributed by atoms with Crippen LogP contribution >= 0.6 is 35.9 Å². The van der Waals surface area contributed by atoms with Crippen LogP contribution in [0.3, 0.4) is 0 Å². The molecule has 0 aliphatic rings. The molecular formula is C91H131ClN16O5S3. The summed E-state index contributed by atoms with van der Waals surface area (Å²) in [4.78, 5) is 19.4. The zero-order chi connectivity index (χ0) is 84.6. The molecule has 0 saturated carbocycles. The Morgan fingerprint density at radius 3 is 1.04 bits per heavy atom. The third-order valence-electron chi connectivity index (χ3n) is 19.9. The molecule has 0 fully saturated rings. The van der Waals surface area contributed by atoms with Gasteiger partial charge in [-0.05, 0) is 198 Å². The number of aliphatic hydroxyl groups excluding tert-OH is 1. The van der Waals surface area contributed by atoms with Crippen molar-refractivity contribution in [3.63, 3.8) is 0 Å². The highest BCUT2D eigenvalue weighted by atomic mass is 35.5. The minimum Gasteiger partial charge on any atom is -0.480 e. The number of hydrogen-bond acceptors (Lipinski definition) is 19. The lowest BCUT2D eigenvalue weighted by atomic mass is 10.0. The Morgan fingerprint density at radius 1 is 0.440 bits per heavy atom. The lowest BCUT2D eigenvalue weighted by Crippen LogP contribution is -2.40. The number of aliphatic carboxylic acids is 1. The Balaban J connectivity index is 0.000000305.